The highest BCUT2D eigenvalue weighted by molar-refractivity contribution is 7.12. The van der Waals surface area contributed by atoms with Crippen LogP contribution in [0.25, 0.3) is 0 Å². The minimum atomic E-state index is 0.357. The summed E-state index contributed by atoms with van der Waals surface area (Å²) in [5.74, 6) is 0. The van der Waals surface area contributed by atoms with Crippen molar-refractivity contribution in [1.82, 2.24) is 4.90 Å². The molecule has 2 N–H and O–H groups in total. The molecule has 0 aliphatic rings. The fraction of sp³-hybridized carbons (Fsp3) is 0.692. The predicted octanol–water partition coefficient (Wildman–Crippen LogP) is 2.99. The molecular weight excluding hydrogens is 216 g/mol. The number of hydrogen-bond acceptors (Lipinski definition) is 3. The molecule has 0 spiro atoms. The van der Waals surface area contributed by atoms with Crippen LogP contribution in [0.1, 0.15) is 36.1 Å². The SMILES string of the molecule is Cc1sc(CN)cc1CN(C)CC(C)(C)C. The fourth-order valence-corrected chi connectivity index (χ4v) is 2.93. The molecule has 1 rings (SSSR count). The van der Waals surface area contributed by atoms with E-state index in [0.29, 0.717) is 12.0 Å². The van der Waals surface area contributed by atoms with Crippen LogP contribution in [0.2, 0.25) is 0 Å². The average Bonchev–Trinajstić information content (AvgIpc) is 2.44. The maximum atomic E-state index is 5.66. The van der Waals surface area contributed by atoms with Gasteiger partial charge in [-0.25, -0.2) is 0 Å². The van der Waals surface area contributed by atoms with Crippen molar-refractivity contribution in [2.24, 2.45) is 11.1 Å². The quantitative estimate of drug-likeness (QED) is 0.876. The molecule has 3 heteroatoms. The van der Waals surface area contributed by atoms with E-state index in [1.807, 2.05) is 11.3 Å². The number of thiophene rings is 1. The summed E-state index contributed by atoms with van der Waals surface area (Å²) < 4.78 is 0. The van der Waals surface area contributed by atoms with Gasteiger partial charge in [0.15, 0.2) is 0 Å². The summed E-state index contributed by atoms with van der Waals surface area (Å²) in [6, 6.07) is 2.25. The normalized spacial score (nSPS) is 12.4. The van der Waals surface area contributed by atoms with Crippen molar-refractivity contribution < 1.29 is 0 Å². The molecule has 0 bridgehead atoms. The molecule has 92 valence electrons. The topological polar surface area (TPSA) is 29.3 Å². The van der Waals surface area contributed by atoms with Crippen LogP contribution in [0.3, 0.4) is 0 Å². The zero-order valence-corrected chi connectivity index (χ0v) is 11.9. The lowest BCUT2D eigenvalue weighted by Gasteiger charge is -2.26. The Kier molecular flexibility index (Phi) is 4.53. The molecule has 0 atom stereocenters. The highest BCUT2D eigenvalue weighted by Gasteiger charge is 2.15. The Bertz CT molecular complexity index is 336. The van der Waals surface area contributed by atoms with Crippen molar-refractivity contribution in [1.29, 1.82) is 0 Å². The molecule has 0 radical (unpaired) electrons. The molecule has 0 fully saturated rings. The van der Waals surface area contributed by atoms with Gasteiger partial charge < -0.3 is 10.6 Å². The van der Waals surface area contributed by atoms with Crippen LogP contribution >= 0.6 is 11.3 Å². The Labute approximate surface area is 103 Å². The van der Waals surface area contributed by atoms with Gasteiger partial charge >= 0.3 is 0 Å². The van der Waals surface area contributed by atoms with Gasteiger partial charge in [-0.15, -0.1) is 11.3 Å². The highest BCUT2D eigenvalue weighted by atomic mass is 32.1. The predicted molar refractivity (Wildman–Crippen MR) is 72.7 cm³/mol. The van der Waals surface area contributed by atoms with E-state index in [9.17, 15) is 0 Å². The second kappa shape index (κ2) is 5.30. The first-order valence-corrected chi connectivity index (χ1v) is 6.60. The lowest BCUT2D eigenvalue weighted by atomic mass is 9.96. The molecule has 0 amide bonds. The molecule has 0 saturated heterocycles. The Hall–Kier alpha value is -0.380. The van der Waals surface area contributed by atoms with Gasteiger partial charge in [0.25, 0.3) is 0 Å². The van der Waals surface area contributed by atoms with Crippen LogP contribution in [0.4, 0.5) is 0 Å². The number of aryl methyl sites for hydroxylation is 1. The third-order valence-corrected chi connectivity index (χ3v) is 3.57. The van der Waals surface area contributed by atoms with Crippen molar-refractivity contribution in [3.63, 3.8) is 0 Å². The largest absolute Gasteiger partial charge is 0.326 e. The molecule has 0 unspecified atom stereocenters. The molecule has 0 saturated carbocycles. The van der Waals surface area contributed by atoms with Crippen LogP contribution in [-0.4, -0.2) is 18.5 Å². The Balaban J connectivity index is 2.62. The van der Waals surface area contributed by atoms with Crippen LogP contribution in [0, 0.1) is 12.3 Å². The molecule has 0 aliphatic carbocycles. The van der Waals surface area contributed by atoms with Crippen molar-refractivity contribution in [3.8, 4) is 0 Å². The van der Waals surface area contributed by atoms with Gasteiger partial charge in [-0.05, 0) is 31.0 Å². The minimum Gasteiger partial charge on any atom is -0.326 e. The Morgan fingerprint density at radius 3 is 2.44 bits per heavy atom. The van der Waals surface area contributed by atoms with Crippen molar-refractivity contribution in [2.45, 2.75) is 40.8 Å². The van der Waals surface area contributed by atoms with Gasteiger partial charge in [-0.3, -0.25) is 0 Å². The van der Waals surface area contributed by atoms with E-state index in [1.165, 1.54) is 15.3 Å². The third-order valence-electron chi connectivity index (χ3n) is 2.46. The molecule has 2 nitrogen and oxygen atoms in total. The van der Waals surface area contributed by atoms with E-state index in [-0.39, 0.29) is 0 Å². The first-order chi connectivity index (χ1) is 7.31. The zero-order valence-electron chi connectivity index (χ0n) is 11.1. The summed E-state index contributed by atoms with van der Waals surface area (Å²) in [7, 11) is 2.18. The van der Waals surface area contributed by atoms with Gasteiger partial charge in [-0.2, -0.15) is 0 Å². The second-order valence-electron chi connectivity index (χ2n) is 5.73. The van der Waals surface area contributed by atoms with E-state index in [2.05, 4.69) is 45.7 Å². The molecule has 0 aromatic carbocycles. The average molecular weight is 240 g/mol. The molecule has 0 aliphatic heterocycles. The zero-order chi connectivity index (χ0) is 12.3. The van der Waals surface area contributed by atoms with Crippen molar-refractivity contribution in [2.75, 3.05) is 13.6 Å². The van der Waals surface area contributed by atoms with Gasteiger partial charge in [0.1, 0.15) is 0 Å². The Morgan fingerprint density at radius 2 is 2.00 bits per heavy atom. The van der Waals surface area contributed by atoms with Gasteiger partial charge in [-0.1, -0.05) is 20.8 Å². The van der Waals surface area contributed by atoms with E-state index in [1.54, 1.807) is 0 Å². The number of rotatable bonds is 4. The van der Waals surface area contributed by atoms with Crippen LogP contribution < -0.4 is 5.73 Å². The maximum absolute atomic E-state index is 5.66. The molecule has 1 heterocycles. The summed E-state index contributed by atoms with van der Waals surface area (Å²) in [5.41, 5.74) is 7.45. The molecule has 1 aromatic heterocycles. The maximum Gasteiger partial charge on any atom is 0.0274 e. The Morgan fingerprint density at radius 1 is 1.38 bits per heavy atom. The molecule has 16 heavy (non-hydrogen) atoms. The highest BCUT2D eigenvalue weighted by Crippen LogP contribution is 2.23. The first-order valence-electron chi connectivity index (χ1n) is 5.78. The summed E-state index contributed by atoms with van der Waals surface area (Å²) in [5, 5.41) is 0. The van der Waals surface area contributed by atoms with Crippen LogP contribution in [0.5, 0.6) is 0 Å². The van der Waals surface area contributed by atoms with Gasteiger partial charge in [0.2, 0.25) is 0 Å². The van der Waals surface area contributed by atoms with Crippen LogP contribution in [0.15, 0.2) is 6.07 Å². The number of hydrogen-bond donors (Lipinski definition) is 1. The standard InChI is InChI=1S/C13H24N2S/c1-10-11(6-12(7-14)16-10)8-15(5)9-13(2,3)4/h6H,7-9,14H2,1-5H3. The van der Waals surface area contributed by atoms with E-state index in [0.717, 1.165) is 13.1 Å². The fourth-order valence-electron chi connectivity index (χ4n) is 2.00. The summed E-state index contributed by atoms with van der Waals surface area (Å²) in [6.07, 6.45) is 0. The smallest absolute Gasteiger partial charge is 0.0274 e. The van der Waals surface area contributed by atoms with Crippen molar-refractivity contribution in [3.05, 3.63) is 21.4 Å². The monoisotopic (exact) mass is 240 g/mol. The number of nitrogens with zero attached hydrogens (tertiary/aromatic N) is 1. The summed E-state index contributed by atoms with van der Waals surface area (Å²) in [6.45, 7) is 11.8. The second-order valence-corrected chi connectivity index (χ2v) is 7.07. The lowest BCUT2D eigenvalue weighted by molar-refractivity contribution is 0.220. The first kappa shape index (κ1) is 13.7. The summed E-state index contributed by atoms with van der Waals surface area (Å²) in [4.78, 5) is 5.08. The van der Waals surface area contributed by atoms with Crippen molar-refractivity contribution >= 4 is 11.3 Å². The molecule has 1 aromatic rings. The third kappa shape index (κ3) is 4.24. The number of nitrogens with two attached hydrogens (primary N) is 1. The van der Waals surface area contributed by atoms with E-state index in [4.69, 9.17) is 5.73 Å². The lowest BCUT2D eigenvalue weighted by Crippen LogP contribution is -2.28. The van der Waals surface area contributed by atoms with E-state index < -0.39 is 0 Å². The summed E-state index contributed by atoms with van der Waals surface area (Å²) >= 11 is 1.82. The van der Waals surface area contributed by atoms with Crippen LogP contribution in [-0.2, 0) is 13.1 Å². The molecular formula is C13H24N2S. The van der Waals surface area contributed by atoms with Gasteiger partial charge in [0.05, 0.1) is 0 Å². The van der Waals surface area contributed by atoms with Gasteiger partial charge in [0, 0.05) is 29.4 Å². The van der Waals surface area contributed by atoms with E-state index >= 15 is 0 Å². The minimum absolute atomic E-state index is 0.357.